The van der Waals surface area contributed by atoms with E-state index in [1.165, 1.54) is 0 Å². The summed E-state index contributed by atoms with van der Waals surface area (Å²) in [6.45, 7) is 9.91. The van der Waals surface area contributed by atoms with Gasteiger partial charge in [-0.15, -0.1) is 0 Å². The van der Waals surface area contributed by atoms with E-state index in [-0.39, 0.29) is 24.9 Å². The van der Waals surface area contributed by atoms with Crippen molar-refractivity contribution < 1.29 is 19.4 Å². The first-order valence-corrected chi connectivity index (χ1v) is 7.99. The first-order valence-electron chi connectivity index (χ1n) is 7.99. The van der Waals surface area contributed by atoms with E-state index in [4.69, 9.17) is 4.74 Å². The van der Waals surface area contributed by atoms with Crippen molar-refractivity contribution in [1.29, 1.82) is 0 Å². The van der Waals surface area contributed by atoms with Gasteiger partial charge in [-0.2, -0.15) is 0 Å². The number of hydrogen-bond acceptors (Lipinski definition) is 3. The van der Waals surface area contributed by atoms with Gasteiger partial charge in [-0.25, -0.2) is 4.79 Å². The molecule has 0 aromatic heterocycles. The van der Waals surface area contributed by atoms with E-state index in [9.17, 15) is 14.7 Å². The Morgan fingerprint density at radius 2 is 1.83 bits per heavy atom. The number of nitrogens with one attached hydrogen (secondary N) is 1. The fourth-order valence-electron chi connectivity index (χ4n) is 2.32. The minimum atomic E-state index is -1.00. The van der Waals surface area contributed by atoms with E-state index in [2.05, 4.69) is 5.32 Å². The molecule has 1 rings (SSSR count). The molecule has 23 heavy (non-hydrogen) atoms. The monoisotopic (exact) mass is 321 g/mol. The van der Waals surface area contributed by atoms with E-state index in [0.29, 0.717) is 6.42 Å². The van der Waals surface area contributed by atoms with Crippen LogP contribution in [0.15, 0.2) is 12.1 Å². The van der Waals surface area contributed by atoms with E-state index >= 15 is 0 Å². The standard InChI is InChI=1S/C18H27NO4/c1-6-11(2)16(18(21)22)19-15(20)9-10-23-17-13(4)8-7-12(3)14(17)5/h7-8,11,16H,6,9-10H2,1-5H3,(H,19,20)(H,21,22). The number of rotatable bonds is 8. The number of amides is 1. The van der Waals surface area contributed by atoms with Crippen LogP contribution < -0.4 is 10.1 Å². The minimum Gasteiger partial charge on any atom is -0.492 e. The summed E-state index contributed by atoms with van der Waals surface area (Å²) in [7, 11) is 0. The number of carbonyl (C=O) groups is 2. The molecule has 1 aromatic rings. The molecule has 0 saturated carbocycles. The largest absolute Gasteiger partial charge is 0.492 e. The maximum atomic E-state index is 12.0. The van der Waals surface area contributed by atoms with Gasteiger partial charge in [-0.05, 0) is 43.4 Å². The average Bonchev–Trinajstić information content (AvgIpc) is 2.51. The normalized spacial score (nSPS) is 13.3. The smallest absolute Gasteiger partial charge is 0.326 e. The quantitative estimate of drug-likeness (QED) is 0.772. The lowest BCUT2D eigenvalue weighted by Crippen LogP contribution is -2.45. The number of ether oxygens (including phenoxy) is 1. The van der Waals surface area contributed by atoms with Crippen LogP contribution in [0.3, 0.4) is 0 Å². The highest BCUT2D eigenvalue weighted by Crippen LogP contribution is 2.25. The molecule has 0 fully saturated rings. The fraction of sp³-hybridized carbons (Fsp3) is 0.556. The van der Waals surface area contributed by atoms with Crippen LogP contribution in [0.25, 0.3) is 0 Å². The van der Waals surface area contributed by atoms with E-state index in [1.54, 1.807) is 0 Å². The summed E-state index contributed by atoms with van der Waals surface area (Å²) in [6, 6.07) is 3.17. The summed E-state index contributed by atoms with van der Waals surface area (Å²) in [5.74, 6) is -0.618. The van der Waals surface area contributed by atoms with Crippen molar-refractivity contribution >= 4 is 11.9 Å². The zero-order valence-electron chi connectivity index (χ0n) is 14.6. The number of aliphatic carboxylic acids is 1. The molecule has 0 aliphatic heterocycles. The zero-order valence-corrected chi connectivity index (χ0v) is 14.6. The van der Waals surface area contributed by atoms with Crippen LogP contribution in [0.4, 0.5) is 0 Å². The topological polar surface area (TPSA) is 75.6 Å². The molecule has 2 atom stereocenters. The first-order chi connectivity index (χ1) is 10.8. The minimum absolute atomic E-state index is 0.112. The van der Waals surface area contributed by atoms with Crippen LogP contribution in [0.1, 0.15) is 43.4 Å². The number of hydrogen-bond donors (Lipinski definition) is 2. The second kappa shape index (κ2) is 8.56. The Morgan fingerprint density at radius 1 is 1.22 bits per heavy atom. The molecule has 2 N–H and O–H groups in total. The molecule has 128 valence electrons. The molecule has 5 nitrogen and oxygen atoms in total. The number of aryl methyl sites for hydroxylation is 2. The van der Waals surface area contributed by atoms with Gasteiger partial charge < -0.3 is 15.2 Å². The van der Waals surface area contributed by atoms with Gasteiger partial charge in [0.2, 0.25) is 5.91 Å². The Kier molecular flexibility index (Phi) is 7.07. The highest BCUT2D eigenvalue weighted by Gasteiger charge is 2.25. The molecule has 0 aliphatic carbocycles. The van der Waals surface area contributed by atoms with Crippen molar-refractivity contribution in [2.75, 3.05) is 6.61 Å². The summed E-state index contributed by atoms with van der Waals surface area (Å²) < 4.78 is 5.74. The van der Waals surface area contributed by atoms with Gasteiger partial charge in [0, 0.05) is 0 Å². The number of carboxylic acids is 1. The van der Waals surface area contributed by atoms with Gasteiger partial charge in [0.25, 0.3) is 0 Å². The predicted molar refractivity (Wildman–Crippen MR) is 89.8 cm³/mol. The maximum Gasteiger partial charge on any atom is 0.326 e. The Labute approximate surface area is 138 Å². The van der Waals surface area contributed by atoms with Crippen LogP contribution in [0.2, 0.25) is 0 Å². The van der Waals surface area contributed by atoms with Crippen LogP contribution in [0, 0.1) is 26.7 Å². The lowest BCUT2D eigenvalue weighted by Gasteiger charge is -2.20. The van der Waals surface area contributed by atoms with Gasteiger partial charge >= 0.3 is 5.97 Å². The highest BCUT2D eigenvalue weighted by atomic mass is 16.5. The van der Waals surface area contributed by atoms with Gasteiger partial charge in [0.15, 0.2) is 0 Å². The fourth-order valence-corrected chi connectivity index (χ4v) is 2.32. The Morgan fingerprint density at radius 3 is 2.39 bits per heavy atom. The van der Waals surface area contributed by atoms with Crippen LogP contribution >= 0.6 is 0 Å². The van der Waals surface area contributed by atoms with Gasteiger partial charge in [-0.3, -0.25) is 4.79 Å². The molecule has 0 radical (unpaired) electrons. The van der Waals surface area contributed by atoms with Crippen molar-refractivity contribution in [1.82, 2.24) is 5.32 Å². The molecular weight excluding hydrogens is 294 g/mol. The molecule has 0 saturated heterocycles. The Balaban J connectivity index is 2.57. The molecule has 0 bridgehead atoms. The predicted octanol–water partition coefficient (Wildman–Crippen LogP) is 3.00. The third-order valence-corrected chi connectivity index (χ3v) is 4.24. The van der Waals surface area contributed by atoms with Crippen LogP contribution in [-0.4, -0.2) is 29.6 Å². The van der Waals surface area contributed by atoms with E-state index in [1.807, 2.05) is 46.8 Å². The molecule has 0 heterocycles. The highest BCUT2D eigenvalue weighted by molar-refractivity contribution is 5.83. The maximum absolute atomic E-state index is 12.0. The van der Waals surface area contributed by atoms with Gasteiger partial charge in [0.05, 0.1) is 13.0 Å². The lowest BCUT2D eigenvalue weighted by atomic mass is 9.99. The average molecular weight is 321 g/mol. The second-order valence-corrected chi connectivity index (χ2v) is 6.02. The summed E-state index contributed by atoms with van der Waals surface area (Å²) in [6.07, 6.45) is 0.822. The van der Waals surface area contributed by atoms with Gasteiger partial charge in [-0.1, -0.05) is 32.4 Å². The third kappa shape index (κ3) is 5.27. The number of benzene rings is 1. The Bertz CT molecular complexity index is 568. The first kappa shape index (κ1) is 19.0. The number of carboxylic acid groups (broad SMARTS) is 1. The number of carbonyl (C=O) groups excluding carboxylic acids is 1. The van der Waals surface area contributed by atoms with Crippen molar-refractivity contribution in [3.05, 3.63) is 28.8 Å². The second-order valence-electron chi connectivity index (χ2n) is 6.02. The van der Waals surface area contributed by atoms with E-state index < -0.39 is 12.0 Å². The summed E-state index contributed by atoms with van der Waals surface area (Å²) >= 11 is 0. The lowest BCUT2D eigenvalue weighted by molar-refractivity contribution is -0.143. The van der Waals surface area contributed by atoms with Crippen LogP contribution in [0.5, 0.6) is 5.75 Å². The molecule has 0 aliphatic rings. The molecule has 1 aromatic carbocycles. The van der Waals surface area contributed by atoms with Crippen molar-refractivity contribution in [3.8, 4) is 5.75 Å². The van der Waals surface area contributed by atoms with E-state index in [0.717, 1.165) is 22.4 Å². The summed E-state index contributed by atoms with van der Waals surface area (Å²) in [5, 5.41) is 11.8. The van der Waals surface area contributed by atoms with Gasteiger partial charge in [0.1, 0.15) is 11.8 Å². The van der Waals surface area contributed by atoms with Crippen molar-refractivity contribution in [2.45, 2.75) is 53.5 Å². The molecule has 0 spiro atoms. The zero-order chi connectivity index (χ0) is 17.6. The summed E-state index contributed by atoms with van der Waals surface area (Å²) in [4.78, 5) is 23.2. The Hall–Kier alpha value is -2.04. The molecular formula is C18H27NO4. The SMILES string of the molecule is CCC(C)C(NC(=O)CCOc1c(C)ccc(C)c1C)C(=O)O. The third-order valence-electron chi connectivity index (χ3n) is 4.24. The summed E-state index contributed by atoms with van der Waals surface area (Å²) in [5.41, 5.74) is 3.22. The van der Waals surface area contributed by atoms with Crippen molar-refractivity contribution in [3.63, 3.8) is 0 Å². The molecule has 1 amide bonds. The molecule has 5 heteroatoms. The van der Waals surface area contributed by atoms with Crippen molar-refractivity contribution in [2.24, 2.45) is 5.92 Å². The molecule has 2 unspecified atom stereocenters. The van der Waals surface area contributed by atoms with Crippen LogP contribution in [-0.2, 0) is 9.59 Å².